The minimum atomic E-state index is -0.0365. The number of anilines is 1. The number of carbonyl (C=O) groups excluding carboxylic acids is 1. The normalized spacial score (nSPS) is 15.6. The first-order valence-corrected chi connectivity index (χ1v) is 8.05. The molecule has 1 aliphatic rings. The van der Waals surface area contributed by atoms with Gasteiger partial charge in [0, 0.05) is 12.1 Å². The van der Waals surface area contributed by atoms with E-state index in [-0.39, 0.29) is 5.91 Å². The zero-order valence-electron chi connectivity index (χ0n) is 13.5. The summed E-state index contributed by atoms with van der Waals surface area (Å²) < 4.78 is 5.64. The Morgan fingerprint density at radius 1 is 1.41 bits per heavy atom. The van der Waals surface area contributed by atoms with Crippen LogP contribution in [0.15, 0.2) is 24.3 Å². The molecule has 1 aliphatic carbocycles. The van der Waals surface area contributed by atoms with Crippen LogP contribution in [-0.4, -0.2) is 18.6 Å². The molecule has 0 spiro atoms. The zero-order chi connectivity index (χ0) is 15.9. The van der Waals surface area contributed by atoms with E-state index in [1.807, 2.05) is 18.2 Å². The molecule has 120 valence electrons. The highest BCUT2D eigenvalue weighted by Crippen LogP contribution is 2.23. The van der Waals surface area contributed by atoms with Crippen LogP contribution in [0.4, 0.5) is 5.69 Å². The summed E-state index contributed by atoms with van der Waals surface area (Å²) >= 11 is 0. The number of nitrogen functional groups attached to an aromatic ring is 1. The highest BCUT2D eigenvalue weighted by Gasteiger charge is 2.15. The van der Waals surface area contributed by atoms with Crippen LogP contribution < -0.4 is 15.8 Å². The average molecular weight is 302 g/mol. The molecule has 0 aromatic heterocycles. The Morgan fingerprint density at radius 3 is 2.77 bits per heavy atom. The van der Waals surface area contributed by atoms with Gasteiger partial charge in [0.15, 0.2) is 0 Å². The monoisotopic (exact) mass is 302 g/mol. The van der Waals surface area contributed by atoms with Crippen molar-refractivity contribution in [2.24, 2.45) is 5.92 Å². The van der Waals surface area contributed by atoms with Crippen molar-refractivity contribution in [2.75, 3.05) is 12.3 Å². The molecule has 1 aromatic carbocycles. The summed E-state index contributed by atoms with van der Waals surface area (Å²) in [6.07, 6.45) is 7.96. The minimum Gasteiger partial charge on any atom is -0.491 e. The Hall–Kier alpha value is -1.97. The smallest absolute Gasteiger partial charge is 0.244 e. The van der Waals surface area contributed by atoms with Crippen molar-refractivity contribution in [2.45, 2.75) is 45.6 Å². The highest BCUT2D eigenvalue weighted by molar-refractivity contribution is 5.92. The standard InChI is InChI=1S/C18H26N2O2/c1-13(2)12-22-17-9-7-14(11-16(17)19)8-10-18(21)20-15-5-3-4-6-15/h7-11,13,15H,3-6,12,19H2,1-2H3,(H,20,21)/b10-8-. The van der Waals surface area contributed by atoms with E-state index in [0.29, 0.717) is 30.0 Å². The Labute approximate surface area is 132 Å². The van der Waals surface area contributed by atoms with Crippen molar-refractivity contribution in [3.8, 4) is 5.75 Å². The lowest BCUT2D eigenvalue weighted by atomic mass is 10.1. The van der Waals surface area contributed by atoms with E-state index in [4.69, 9.17) is 10.5 Å². The maximum absolute atomic E-state index is 11.8. The second kappa shape index (κ2) is 7.87. The molecule has 0 atom stereocenters. The molecule has 0 heterocycles. The van der Waals surface area contributed by atoms with Crippen molar-refractivity contribution in [1.29, 1.82) is 0 Å². The fourth-order valence-corrected chi connectivity index (χ4v) is 2.55. The van der Waals surface area contributed by atoms with Crippen molar-refractivity contribution < 1.29 is 9.53 Å². The van der Waals surface area contributed by atoms with E-state index in [2.05, 4.69) is 19.2 Å². The predicted octanol–water partition coefficient (Wildman–Crippen LogP) is 3.38. The molecule has 22 heavy (non-hydrogen) atoms. The first-order chi connectivity index (χ1) is 10.5. The Bertz CT molecular complexity index is 532. The summed E-state index contributed by atoms with van der Waals surface area (Å²) in [5.74, 6) is 1.12. The van der Waals surface area contributed by atoms with Crippen LogP contribution in [0.5, 0.6) is 5.75 Å². The molecule has 3 N–H and O–H groups in total. The fourth-order valence-electron chi connectivity index (χ4n) is 2.55. The molecule has 0 aliphatic heterocycles. The molecule has 0 radical (unpaired) electrons. The topological polar surface area (TPSA) is 64.3 Å². The number of hydrogen-bond donors (Lipinski definition) is 2. The summed E-state index contributed by atoms with van der Waals surface area (Å²) in [5.41, 5.74) is 7.48. The summed E-state index contributed by atoms with van der Waals surface area (Å²) in [4.78, 5) is 11.8. The third kappa shape index (κ3) is 5.10. The van der Waals surface area contributed by atoms with Crippen LogP contribution in [0.1, 0.15) is 45.1 Å². The quantitative estimate of drug-likeness (QED) is 0.625. The van der Waals surface area contributed by atoms with Gasteiger partial charge in [0.05, 0.1) is 12.3 Å². The molecule has 0 unspecified atom stereocenters. The van der Waals surface area contributed by atoms with Crippen LogP contribution in [0, 0.1) is 5.92 Å². The number of rotatable bonds is 6. The van der Waals surface area contributed by atoms with Crippen molar-refractivity contribution in [3.05, 3.63) is 29.8 Å². The van der Waals surface area contributed by atoms with Gasteiger partial charge in [0.2, 0.25) is 5.91 Å². The number of carbonyl (C=O) groups is 1. The molecular formula is C18H26N2O2. The van der Waals surface area contributed by atoms with Crippen LogP contribution in [0.2, 0.25) is 0 Å². The van der Waals surface area contributed by atoms with Gasteiger partial charge in [-0.1, -0.05) is 32.8 Å². The van der Waals surface area contributed by atoms with Crippen molar-refractivity contribution >= 4 is 17.7 Å². The molecule has 4 heteroatoms. The maximum Gasteiger partial charge on any atom is 0.244 e. The molecule has 0 saturated heterocycles. The molecule has 1 fully saturated rings. The average Bonchev–Trinajstić information content (AvgIpc) is 2.96. The van der Waals surface area contributed by atoms with E-state index in [9.17, 15) is 4.79 Å². The summed E-state index contributed by atoms with van der Waals surface area (Å²) in [6.45, 7) is 4.83. The fraction of sp³-hybridized carbons (Fsp3) is 0.500. The second-order valence-electron chi connectivity index (χ2n) is 6.33. The molecular weight excluding hydrogens is 276 g/mol. The van der Waals surface area contributed by atoms with Crippen LogP contribution in [0.25, 0.3) is 6.08 Å². The number of amides is 1. The molecule has 1 saturated carbocycles. The van der Waals surface area contributed by atoms with Crippen molar-refractivity contribution in [3.63, 3.8) is 0 Å². The first-order valence-electron chi connectivity index (χ1n) is 8.05. The lowest BCUT2D eigenvalue weighted by Gasteiger charge is -2.11. The Morgan fingerprint density at radius 2 is 2.14 bits per heavy atom. The number of hydrogen-bond acceptors (Lipinski definition) is 3. The molecule has 0 bridgehead atoms. The van der Waals surface area contributed by atoms with Gasteiger partial charge in [-0.2, -0.15) is 0 Å². The van der Waals surface area contributed by atoms with Gasteiger partial charge in [-0.15, -0.1) is 0 Å². The number of ether oxygens (including phenoxy) is 1. The van der Waals surface area contributed by atoms with Gasteiger partial charge in [-0.25, -0.2) is 0 Å². The first kappa shape index (κ1) is 16.4. The summed E-state index contributed by atoms with van der Waals surface area (Å²) in [7, 11) is 0. The van der Waals surface area contributed by atoms with Crippen molar-refractivity contribution in [1.82, 2.24) is 5.32 Å². The van der Waals surface area contributed by atoms with E-state index >= 15 is 0 Å². The van der Waals surface area contributed by atoms with Crippen LogP contribution in [0.3, 0.4) is 0 Å². The molecule has 1 aromatic rings. The zero-order valence-corrected chi connectivity index (χ0v) is 13.5. The van der Waals surface area contributed by atoms with Gasteiger partial charge in [0.25, 0.3) is 0 Å². The lowest BCUT2D eigenvalue weighted by molar-refractivity contribution is -0.117. The molecule has 1 amide bonds. The Kier molecular flexibility index (Phi) is 5.87. The third-order valence-electron chi connectivity index (χ3n) is 3.73. The molecule has 2 rings (SSSR count). The van der Waals surface area contributed by atoms with E-state index in [0.717, 1.165) is 18.4 Å². The van der Waals surface area contributed by atoms with Gasteiger partial charge in [-0.3, -0.25) is 4.79 Å². The number of benzene rings is 1. The largest absolute Gasteiger partial charge is 0.491 e. The summed E-state index contributed by atoms with van der Waals surface area (Å²) in [5, 5.41) is 3.03. The number of nitrogens with two attached hydrogens (primary N) is 1. The van der Waals surface area contributed by atoms with Gasteiger partial charge < -0.3 is 15.8 Å². The number of nitrogens with one attached hydrogen (secondary N) is 1. The van der Waals surface area contributed by atoms with Crippen LogP contribution >= 0.6 is 0 Å². The van der Waals surface area contributed by atoms with Gasteiger partial charge >= 0.3 is 0 Å². The van der Waals surface area contributed by atoms with E-state index < -0.39 is 0 Å². The van der Waals surface area contributed by atoms with Gasteiger partial charge in [0.1, 0.15) is 5.75 Å². The predicted molar refractivity (Wildman–Crippen MR) is 90.6 cm³/mol. The third-order valence-corrected chi connectivity index (χ3v) is 3.73. The second-order valence-corrected chi connectivity index (χ2v) is 6.33. The van der Waals surface area contributed by atoms with E-state index in [1.54, 1.807) is 12.2 Å². The SMILES string of the molecule is CC(C)COc1ccc(/C=C\C(=O)NC2CCCC2)cc1N. The highest BCUT2D eigenvalue weighted by atomic mass is 16.5. The van der Waals surface area contributed by atoms with Crippen LogP contribution in [-0.2, 0) is 4.79 Å². The van der Waals surface area contributed by atoms with Gasteiger partial charge in [-0.05, 0) is 42.5 Å². The Balaban J connectivity index is 1.90. The molecule has 4 nitrogen and oxygen atoms in total. The summed E-state index contributed by atoms with van der Waals surface area (Å²) in [6, 6.07) is 5.93. The maximum atomic E-state index is 11.8. The van der Waals surface area contributed by atoms with E-state index in [1.165, 1.54) is 12.8 Å². The minimum absolute atomic E-state index is 0.0365. The lowest BCUT2D eigenvalue weighted by Crippen LogP contribution is -2.30.